The number of carbonyl (C=O) groups excluding carboxylic acids is 1. The zero-order valence-corrected chi connectivity index (χ0v) is 9.50. The second-order valence-corrected chi connectivity index (χ2v) is 4.36. The largest absolute Gasteiger partial charge is 0.469 e. The van der Waals surface area contributed by atoms with Gasteiger partial charge in [0.15, 0.2) is 0 Å². The molecule has 2 rings (SSSR count). The summed E-state index contributed by atoms with van der Waals surface area (Å²) in [6.45, 7) is 1.83. The highest BCUT2D eigenvalue weighted by Crippen LogP contribution is 2.43. The lowest BCUT2D eigenvalue weighted by Gasteiger charge is -2.15. The smallest absolute Gasteiger partial charge is 0.313 e. The van der Waals surface area contributed by atoms with Gasteiger partial charge in [-0.1, -0.05) is 12.1 Å². The number of hydrogen-bond acceptors (Lipinski definition) is 2. The SMILES string of the molecule is COC(=O)C(c1ccc(C)cc1F)C1CC1. The molecule has 1 fully saturated rings. The second-order valence-electron chi connectivity index (χ2n) is 4.36. The molecule has 3 heteroatoms. The quantitative estimate of drug-likeness (QED) is 0.735. The third-order valence-corrected chi connectivity index (χ3v) is 3.04. The van der Waals surface area contributed by atoms with Crippen molar-refractivity contribution in [3.63, 3.8) is 0 Å². The maximum Gasteiger partial charge on any atom is 0.313 e. The third kappa shape index (κ3) is 2.08. The van der Waals surface area contributed by atoms with Crippen molar-refractivity contribution >= 4 is 5.97 Å². The number of carbonyl (C=O) groups is 1. The lowest BCUT2D eigenvalue weighted by molar-refractivity contribution is -0.143. The first kappa shape index (κ1) is 11.1. The minimum atomic E-state index is -0.425. The topological polar surface area (TPSA) is 26.3 Å². The summed E-state index contributed by atoms with van der Waals surface area (Å²) in [7, 11) is 1.35. The number of aryl methyl sites for hydroxylation is 1. The molecule has 0 radical (unpaired) electrons. The van der Waals surface area contributed by atoms with Crippen LogP contribution in [0.25, 0.3) is 0 Å². The molecule has 0 N–H and O–H groups in total. The zero-order chi connectivity index (χ0) is 11.7. The molecule has 1 aromatic rings. The molecule has 1 saturated carbocycles. The van der Waals surface area contributed by atoms with Crippen molar-refractivity contribution in [2.24, 2.45) is 5.92 Å². The summed E-state index contributed by atoms with van der Waals surface area (Å²) >= 11 is 0. The molecule has 16 heavy (non-hydrogen) atoms. The number of rotatable bonds is 3. The van der Waals surface area contributed by atoms with Crippen LogP contribution in [0.4, 0.5) is 4.39 Å². The Hall–Kier alpha value is -1.38. The number of methoxy groups -OCH3 is 1. The van der Waals surface area contributed by atoms with Gasteiger partial charge in [0.05, 0.1) is 13.0 Å². The van der Waals surface area contributed by atoms with Crippen molar-refractivity contribution in [3.8, 4) is 0 Å². The van der Waals surface area contributed by atoms with Gasteiger partial charge >= 0.3 is 5.97 Å². The van der Waals surface area contributed by atoms with E-state index in [1.165, 1.54) is 13.2 Å². The molecular formula is C13H15FO2. The molecule has 1 atom stereocenters. The van der Waals surface area contributed by atoms with E-state index in [0.29, 0.717) is 5.56 Å². The van der Waals surface area contributed by atoms with E-state index in [-0.39, 0.29) is 17.7 Å². The molecule has 0 heterocycles. The van der Waals surface area contributed by atoms with Crippen LogP contribution >= 0.6 is 0 Å². The second kappa shape index (κ2) is 4.24. The summed E-state index contributed by atoms with van der Waals surface area (Å²) in [5.74, 6) is -0.803. The highest BCUT2D eigenvalue weighted by Gasteiger charge is 2.39. The molecule has 0 aromatic heterocycles. The molecule has 1 aliphatic rings. The molecule has 1 aromatic carbocycles. The number of hydrogen-bond donors (Lipinski definition) is 0. The molecule has 1 unspecified atom stereocenters. The van der Waals surface area contributed by atoms with E-state index in [9.17, 15) is 9.18 Å². The van der Waals surface area contributed by atoms with Crippen LogP contribution in [0.5, 0.6) is 0 Å². The van der Waals surface area contributed by atoms with Crippen molar-refractivity contribution in [3.05, 3.63) is 35.1 Å². The summed E-state index contributed by atoms with van der Waals surface area (Å²) in [4.78, 5) is 11.6. The van der Waals surface area contributed by atoms with Gasteiger partial charge in [0, 0.05) is 5.56 Å². The van der Waals surface area contributed by atoms with Gasteiger partial charge in [0.25, 0.3) is 0 Å². The highest BCUT2D eigenvalue weighted by atomic mass is 19.1. The summed E-state index contributed by atoms with van der Waals surface area (Å²) < 4.78 is 18.5. The van der Waals surface area contributed by atoms with Gasteiger partial charge in [0.1, 0.15) is 5.82 Å². The van der Waals surface area contributed by atoms with Crippen LogP contribution in [0, 0.1) is 18.7 Å². The number of benzene rings is 1. The molecule has 1 aliphatic carbocycles. The van der Waals surface area contributed by atoms with Crippen LogP contribution in [0.2, 0.25) is 0 Å². The lowest BCUT2D eigenvalue weighted by Crippen LogP contribution is -2.17. The van der Waals surface area contributed by atoms with E-state index in [2.05, 4.69) is 0 Å². The minimum Gasteiger partial charge on any atom is -0.469 e. The first-order valence-electron chi connectivity index (χ1n) is 5.47. The summed E-state index contributed by atoms with van der Waals surface area (Å²) in [6.07, 6.45) is 1.96. The maximum atomic E-state index is 13.8. The highest BCUT2D eigenvalue weighted by molar-refractivity contribution is 5.79. The Morgan fingerprint density at radius 3 is 2.69 bits per heavy atom. The molecule has 2 nitrogen and oxygen atoms in total. The van der Waals surface area contributed by atoms with Gasteiger partial charge in [-0.15, -0.1) is 0 Å². The number of ether oxygens (including phenoxy) is 1. The maximum absolute atomic E-state index is 13.8. The Kier molecular flexibility index (Phi) is 2.95. The minimum absolute atomic E-state index is 0.254. The Labute approximate surface area is 94.4 Å². The summed E-state index contributed by atoms with van der Waals surface area (Å²) in [5, 5.41) is 0. The summed E-state index contributed by atoms with van der Waals surface area (Å²) in [6, 6.07) is 5.00. The molecule has 0 amide bonds. The van der Waals surface area contributed by atoms with Crippen LogP contribution in [0.1, 0.15) is 29.9 Å². The van der Waals surface area contributed by atoms with Gasteiger partial charge in [-0.3, -0.25) is 4.79 Å². The molecule has 0 saturated heterocycles. The molecular weight excluding hydrogens is 207 g/mol. The van der Waals surface area contributed by atoms with Gasteiger partial charge < -0.3 is 4.74 Å². The fraction of sp³-hybridized carbons (Fsp3) is 0.462. The molecule has 0 bridgehead atoms. The monoisotopic (exact) mass is 222 g/mol. The van der Waals surface area contributed by atoms with Gasteiger partial charge in [-0.25, -0.2) is 4.39 Å². The van der Waals surface area contributed by atoms with Crippen LogP contribution in [-0.2, 0) is 9.53 Å². The standard InChI is InChI=1S/C13H15FO2/c1-8-3-6-10(11(14)7-8)12(9-4-5-9)13(15)16-2/h3,6-7,9,12H,4-5H2,1-2H3. The van der Waals surface area contributed by atoms with Crippen molar-refractivity contribution < 1.29 is 13.9 Å². The van der Waals surface area contributed by atoms with Crippen LogP contribution in [0.15, 0.2) is 18.2 Å². The van der Waals surface area contributed by atoms with E-state index < -0.39 is 5.92 Å². The average molecular weight is 222 g/mol. The lowest BCUT2D eigenvalue weighted by atomic mass is 9.93. The van der Waals surface area contributed by atoms with Crippen molar-refractivity contribution in [1.82, 2.24) is 0 Å². The Morgan fingerprint density at radius 2 is 2.19 bits per heavy atom. The van der Waals surface area contributed by atoms with Crippen molar-refractivity contribution in [1.29, 1.82) is 0 Å². The first-order chi connectivity index (χ1) is 7.63. The zero-order valence-electron chi connectivity index (χ0n) is 9.50. The van der Waals surface area contributed by atoms with Crippen molar-refractivity contribution in [2.45, 2.75) is 25.7 Å². The predicted octanol–water partition coefficient (Wildman–Crippen LogP) is 2.80. The summed E-state index contributed by atoms with van der Waals surface area (Å²) in [5.41, 5.74) is 1.33. The van der Waals surface area contributed by atoms with Crippen LogP contribution in [0.3, 0.4) is 0 Å². The number of esters is 1. The van der Waals surface area contributed by atoms with Gasteiger partial charge in [0.2, 0.25) is 0 Å². The molecule has 0 aliphatic heterocycles. The molecule has 86 valence electrons. The third-order valence-electron chi connectivity index (χ3n) is 3.04. The number of halogens is 1. The van der Waals surface area contributed by atoms with E-state index in [4.69, 9.17) is 4.74 Å². The van der Waals surface area contributed by atoms with Gasteiger partial charge in [-0.2, -0.15) is 0 Å². The van der Waals surface area contributed by atoms with E-state index >= 15 is 0 Å². The predicted molar refractivity (Wildman–Crippen MR) is 58.6 cm³/mol. The normalized spacial score (nSPS) is 16.9. The fourth-order valence-electron chi connectivity index (χ4n) is 2.01. The van der Waals surface area contributed by atoms with Crippen LogP contribution < -0.4 is 0 Å². The first-order valence-corrected chi connectivity index (χ1v) is 5.47. The van der Waals surface area contributed by atoms with Crippen molar-refractivity contribution in [2.75, 3.05) is 7.11 Å². The Bertz CT molecular complexity index is 410. The van der Waals surface area contributed by atoms with Crippen LogP contribution in [-0.4, -0.2) is 13.1 Å². The fourth-order valence-corrected chi connectivity index (χ4v) is 2.01. The molecule has 0 spiro atoms. The average Bonchev–Trinajstić information content (AvgIpc) is 3.05. The van der Waals surface area contributed by atoms with Gasteiger partial charge in [-0.05, 0) is 37.3 Å². The van der Waals surface area contributed by atoms with E-state index in [0.717, 1.165) is 18.4 Å². The van der Waals surface area contributed by atoms with E-state index in [1.807, 2.05) is 13.0 Å². The Morgan fingerprint density at radius 1 is 1.50 bits per heavy atom. The Balaban J connectivity index is 2.34. The van der Waals surface area contributed by atoms with E-state index in [1.54, 1.807) is 6.07 Å².